The number of benzene rings is 1. The van der Waals surface area contributed by atoms with Crippen molar-refractivity contribution in [2.45, 2.75) is 31.7 Å². The number of aromatic nitrogens is 1. The second-order valence-corrected chi connectivity index (χ2v) is 7.10. The summed E-state index contributed by atoms with van der Waals surface area (Å²) in [6.45, 7) is 0.434. The smallest absolute Gasteiger partial charge is 0.407 e. The molecule has 28 heavy (non-hydrogen) atoms. The van der Waals surface area contributed by atoms with Gasteiger partial charge in [0.1, 0.15) is 0 Å². The molecule has 2 atom stereocenters. The Balaban J connectivity index is 1.74. The molecule has 7 heteroatoms. The van der Waals surface area contributed by atoms with Crippen LogP contribution in [0.1, 0.15) is 52.4 Å². The number of carboxylic acid groups (broad SMARTS) is 1. The molecular formula is C21H22N4O3. The number of carbonyl (C=O) groups excluding carboxylic acids is 1. The van der Waals surface area contributed by atoms with Crippen LogP contribution in [0, 0.1) is 17.2 Å². The van der Waals surface area contributed by atoms with Gasteiger partial charge in [-0.15, -0.1) is 0 Å². The van der Waals surface area contributed by atoms with Crippen molar-refractivity contribution in [3.8, 4) is 6.07 Å². The molecule has 3 N–H and O–H groups in total. The fraction of sp³-hybridized carbons (Fsp3) is 0.333. The second-order valence-electron chi connectivity index (χ2n) is 7.10. The summed E-state index contributed by atoms with van der Waals surface area (Å²) in [5.74, 6) is -0.246. The summed E-state index contributed by atoms with van der Waals surface area (Å²) in [7, 11) is 0. The van der Waals surface area contributed by atoms with Gasteiger partial charge in [0.25, 0.3) is 0 Å². The van der Waals surface area contributed by atoms with Crippen LogP contribution in [-0.4, -0.2) is 33.5 Å². The molecule has 3 rings (SSSR count). The Morgan fingerprint density at radius 1 is 1.32 bits per heavy atom. The lowest BCUT2D eigenvalue weighted by atomic mass is 9.84. The number of pyridine rings is 1. The van der Waals surface area contributed by atoms with Crippen LogP contribution in [0.25, 0.3) is 0 Å². The first-order valence-electron chi connectivity index (χ1n) is 9.21. The van der Waals surface area contributed by atoms with E-state index >= 15 is 0 Å². The number of piperidine rings is 1. The summed E-state index contributed by atoms with van der Waals surface area (Å²) >= 11 is 0. The predicted molar refractivity (Wildman–Crippen MR) is 102 cm³/mol. The highest BCUT2D eigenvalue weighted by Gasteiger charge is 2.33. The van der Waals surface area contributed by atoms with Gasteiger partial charge in [-0.3, -0.25) is 9.78 Å². The van der Waals surface area contributed by atoms with Crippen molar-refractivity contribution in [1.29, 1.82) is 5.26 Å². The molecule has 1 fully saturated rings. The van der Waals surface area contributed by atoms with Crippen molar-refractivity contribution in [3.05, 3.63) is 65.0 Å². The zero-order chi connectivity index (χ0) is 20.1. The molecule has 1 aliphatic rings. The molecule has 0 spiro atoms. The standard InChI is InChI=1S/C21H22N4O3/c22-11-16-3-1-2-14(8-16)4-5-15-6-7-25(21(27)28)19(9-15)17-10-18(20(23)26)13-24-12-17/h1-3,8,10,12-13,15,19H,4-7,9H2,(H2,23,26)(H,27,28). The topological polar surface area (TPSA) is 120 Å². The van der Waals surface area contributed by atoms with Gasteiger partial charge in [0.2, 0.25) is 5.91 Å². The Kier molecular flexibility index (Phi) is 5.90. The van der Waals surface area contributed by atoms with Gasteiger partial charge in [-0.1, -0.05) is 12.1 Å². The summed E-state index contributed by atoms with van der Waals surface area (Å²) in [6.07, 6.45) is 5.19. The van der Waals surface area contributed by atoms with E-state index in [-0.39, 0.29) is 11.6 Å². The number of hydrogen-bond acceptors (Lipinski definition) is 4. The molecule has 1 aromatic carbocycles. The van der Waals surface area contributed by atoms with Crippen molar-refractivity contribution in [2.24, 2.45) is 11.7 Å². The van der Waals surface area contributed by atoms with Gasteiger partial charge in [-0.25, -0.2) is 4.79 Å². The van der Waals surface area contributed by atoms with E-state index in [1.54, 1.807) is 18.3 Å². The van der Waals surface area contributed by atoms with Crippen molar-refractivity contribution >= 4 is 12.0 Å². The van der Waals surface area contributed by atoms with E-state index < -0.39 is 12.0 Å². The van der Waals surface area contributed by atoms with Gasteiger partial charge in [-0.2, -0.15) is 5.26 Å². The van der Waals surface area contributed by atoms with E-state index in [4.69, 9.17) is 11.0 Å². The van der Waals surface area contributed by atoms with Crippen LogP contribution < -0.4 is 5.73 Å². The van der Waals surface area contributed by atoms with Gasteiger partial charge in [0.15, 0.2) is 0 Å². The number of amides is 2. The third-order valence-electron chi connectivity index (χ3n) is 5.28. The Labute approximate surface area is 163 Å². The van der Waals surface area contributed by atoms with Gasteiger partial charge >= 0.3 is 6.09 Å². The number of hydrogen-bond donors (Lipinski definition) is 2. The van der Waals surface area contributed by atoms with Crippen molar-refractivity contribution < 1.29 is 14.7 Å². The lowest BCUT2D eigenvalue weighted by Crippen LogP contribution is -2.40. The van der Waals surface area contributed by atoms with Crippen LogP contribution >= 0.6 is 0 Å². The SMILES string of the molecule is N#Cc1cccc(CCC2CCN(C(=O)O)C(c3cncc(C(N)=O)c3)C2)c1. The fourth-order valence-electron chi connectivity index (χ4n) is 3.79. The number of rotatable bonds is 5. The lowest BCUT2D eigenvalue weighted by molar-refractivity contribution is 0.0876. The van der Waals surface area contributed by atoms with Crippen molar-refractivity contribution in [2.75, 3.05) is 6.54 Å². The molecule has 1 saturated heterocycles. The van der Waals surface area contributed by atoms with Gasteiger partial charge in [0, 0.05) is 18.9 Å². The molecular weight excluding hydrogens is 356 g/mol. The molecule has 2 aromatic rings. The number of primary amides is 1. The van der Waals surface area contributed by atoms with E-state index in [1.165, 1.54) is 11.1 Å². The highest BCUT2D eigenvalue weighted by atomic mass is 16.4. The Bertz CT molecular complexity index is 922. The van der Waals surface area contributed by atoms with E-state index in [0.29, 0.717) is 30.0 Å². The number of nitriles is 1. The third-order valence-corrected chi connectivity index (χ3v) is 5.28. The maximum absolute atomic E-state index is 11.7. The average molecular weight is 378 g/mol. The van der Waals surface area contributed by atoms with Gasteiger partial charge in [-0.05, 0) is 60.9 Å². The number of nitrogens with zero attached hydrogens (tertiary/aromatic N) is 3. The molecule has 2 amide bonds. The third kappa shape index (κ3) is 4.46. The number of aryl methyl sites for hydroxylation is 1. The highest BCUT2D eigenvalue weighted by molar-refractivity contribution is 5.92. The molecule has 144 valence electrons. The molecule has 0 bridgehead atoms. The van der Waals surface area contributed by atoms with Crippen LogP contribution in [0.3, 0.4) is 0 Å². The van der Waals surface area contributed by atoms with Crippen molar-refractivity contribution in [1.82, 2.24) is 9.88 Å². The lowest BCUT2D eigenvalue weighted by Gasteiger charge is -2.38. The second kappa shape index (κ2) is 8.53. The molecule has 1 aliphatic heterocycles. The summed E-state index contributed by atoms with van der Waals surface area (Å²) in [6, 6.07) is 11.0. The van der Waals surface area contributed by atoms with Crippen LogP contribution in [0.2, 0.25) is 0 Å². The van der Waals surface area contributed by atoms with Gasteiger partial charge in [0.05, 0.1) is 23.2 Å². The largest absolute Gasteiger partial charge is 0.465 e. The molecule has 0 saturated carbocycles. The van der Waals surface area contributed by atoms with E-state index in [2.05, 4.69) is 11.1 Å². The zero-order valence-corrected chi connectivity index (χ0v) is 15.4. The number of nitrogens with two attached hydrogens (primary N) is 1. The summed E-state index contributed by atoms with van der Waals surface area (Å²) in [4.78, 5) is 28.6. The molecule has 2 heterocycles. The number of carbonyl (C=O) groups is 2. The zero-order valence-electron chi connectivity index (χ0n) is 15.4. The highest BCUT2D eigenvalue weighted by Crippen LogP contribution is 2.36. The van der Waals surface area contributed by atoms with Crippen LogP contribution in [0.15, 0.2) is 42.7 Å². The summed E-state index contributed by atoms with van der Waals surface area (Å²) in [5.41, 5.74) is 8.05. The quantitative estimate of drug-likeness (QED) is 0.828. The first-order chi connectivity index (χ1) is 13.5. The minimum Gasteiger partial charge on any atom is -0.465 e. The minimum atomic E-state index is -0.977. The summed E-state index contributed by atoms with van der Waals surface area (Å²) < 4.78 is 0. The van der Waals surface area contributed by atoms with E-state index in [1.807, 2.05) is 18.2 Å². The Morgan fingerprint density at radius 2 is 2.14 bits per heavy atom. The first kappa shape index (κ1) is 19.4. The van der Waals surface area contributed by atoms with Crippen LogP contribution in [0.5, 0.6) is 0 Å². The maximum atomic E-state index is 11.7. The molecule has 2 unspecified atom stereocenters. The Morgan fingerprint density at radius 3 is 2.86 bits per heavy atom. The van der Waals surface area contributed by atoms with Gasteiger partial charge < -0.3 is 15.7 Å². The first-order valence-corrected chi connectivity index (χ1v) is 9.21. The van der Waals surface area contributed by atoms with Crippen LogP contribution in [0.4, 0.5) is 4.79 Å². The molecule has 0 aliphatic carbocycles. The Hall–Kier alpha value is -3.40. The summed E-state index contributed by atoms with van der Waals surface area (Å²) in [5, 5.41) is 18.6. The molecule has 0 radical (unpaired) electrons. The predicted octanol–water partition coefficient (Wildman–Crippen LogP) is 3.12. The van der Waals surface area contributed by atoms with Crippen molar-refractivity contribution in [3.63, 3.8) is 0 Å². The minimum absolute atomic E-state index is 0.276. The number of likely N-dealkylation sites (tertiary alicyclic amines) is 1. The normalized spacial score (nSPS) is 19.0. The van der Waals surface area contributed by atoms with E-state index in [9.17, 15) is 14.7 Å². The van der Waals surface area contributed by atoms with E-state index in [0.717, 1.165) is 24.8 Å². The molecule has 1 aromatic heterocycles. The monoisotopic (exact) mass is 378 g/mol. The maximum Gasteiger partial charge on any atom is 0.407 e. The molecule has 7 nitrogen and oxygen atoms in total. The van der Waals surface area contributed by atoms with Crippen LogP contribution in [-0.2, 0) is 6.42 Å². The fourth-order valence-corrected chi connectivity index (χ4v) is 3.79. The average Bonchev–Trinajstić information content (AvgIpc) is 2.72.